The van der Waals surface area contributed by atoms with Crippen LogP contribution in [0.25, 0.3) is 10.2 Å². The highest BCUT2D eigenvalue weighted by atomic mass is 35.5. The number of rotatable bonds is 7. The summed E-state index contributed by atoms with van der Waals surface area (Å²) in [6.45, 7) is 15.7. The van der Waals surface area contributed by atoms with Gasteiger partial charge in [0, 0.05) is 13.1 Å². The Labute approximate surface area is 187 Å². The van der Waals surface area contributed by atoms with Crippen molar-refractivity contribution >= 4 is 56.3 Å². The summed E-state index contributed by atoms with van der Waals surface area (Å²) in [5.41, 5.74) is 4.20. The normalized spacial score (nSPS) is 11.1. The Morgan fingerprint density at radius 3 is 2.28 bits per heavy atom. The fourth-order valence-electron chi connectivity index (χ4n) is 3.25. The molecule has 0 radical (unpaired) electrons. The van der Waals surface area contributed by atoms with E-state index in [1.54, 1.807) is 11.3 Å². The van der Waals surface area contributed by atoms with E-state index in [2.05, 4.69) is 49.7 Å². The first-order chi connectivity index (χ1) is 13.3. The molecule has 2 heterocycles. The highest BCUT2D eigenvalue weighted by Gasteiger charge is 2.25. The quantitative estimate of drug-likeness (QED) is 0.481. The highest BCUT2D eigenvalue weighted by Crippen LogP contribution is 2.33. The van der Waals surface area contributed by atoms with Crippen LogP contribution in [-0.4, -0.2) is 47.0 Å². The van der Waals surface area contributed by atoms with Gasteiger partial charge in [-0.15, -0.1) is 23.7 Å². The Bertz CT molecular complexity index is 994. The molecule has 0 unspecified atom stereocenters. The SMILES string of the molecule is CCN(CC)CCN(C(=O)c1sc(C)nc1C)c1nc2c(C)c(C)ccc2s1.Cl. The fraction of sp³-hybridized carbons (Fsp3) is 0.476. The van der Waals surface area contributed by atoms with Gasteiger partial charge in [-0.3, -0.25) is 9.69 Å². The molecule has 1 amide bonds. The van der Waals surface area contributed by atoms with Crippen molar-refractivity contribution in [2.24, 2.45) is 0 Å². The molecule has 3 rings (SSSR count). The molecule has 0 saturated carbocycles. The van der Waals surface area contributed by atoms with Gasteiger partial charge in [-0.25, -0.2) is 9.97 Å². The van der Waals surface area contributed by atoms with E-state index in [1.165, 1.54) is 22.5 Å². The van der Waals surface area contributed by atoms with Gasteiger partial charge in [-0.2, -0.15) is 0 Å². The average molecular weight is 453 g/mol. The molecule has 29 heavy (non-hydrogen) atoms. The number of carbonyl (C=O) groups is 1. The van der Waals surface area contributed by atoms with Gasteiger partial charge >= 0.3 is 0 Å². The first-order valence-corrected chi connectivity index (χ1v) is 11.3. The van der Waals surface area contributed by atoms with E-state index in [0.717, 1.165) is 45.7 Å². The Kier molecular flexibility index (Phi) is 8.17. The minimum Gasteiger partial charge on any atom is -0.302 e. The lowest BCUT2D eigenvalue weighted by molar-refractivity contribution is 0.0987. The maximum Gasteiger partial charge on any atom is 0.272 e. The van der Waals surface area contributed by atoms with Crippen LogP contribution < -0.4 is 4.90 Å². The average Bonchev–Trinajstić information content (AvgIpc) is 3.24. The second-order valence-corrected chi connectivity index (χ2v) is 9.19. The minimum atomic E-state index is 0. The largest absolute Gasteiger partial charge is 0.302 e. The fourth-order valence-corrected chi connectivity index (χ4v) is 5.17. The Morgan fingerprint density at radius 1 is 1.00 bits per heavy atom. The van der Waals surface area contributed by atoms with Crippen molar-refractivity contribution in [3.63, 3.8) is 0 Å². The summed E-state index contributed by atoms with van der Waals surface area (Å²) >= 11 is 3.06. The van der Waals surface area contributed by atoms with Gasteiger partial charge in [0.25, 0.3) is 5.91 Å². The number of amides is 1. The minimum absolute atomic E-state index is 0. The van der Waals surface area contributed by atoms with Gasteiger partial charge in [0.2, 0.25) is 0 Å². The molecule has 8 heteroatoms. The molecule has 0 bridgehead atoms. The Hall–Kier alpha value is -1.54. The third-order valence-electron chi connectivity index (χ3n) is 5.18. The van der Waals surface area contributed by atoms with Crippen molar-refractivity contribution < 1.29 is 4.79 Å². The number of halogens is 1. The molecule has 5 nitrogen and oxygen atoms in total. The molecule has 1 aromatic carbocycles. The van der Waals surface area contributed by atoms with Gasteiger partial charge < -0.3 is 4.90 Å². The van der Waals surface area contributed by atoms with Crippen LogP contribution in [0.3, 0.4) is 0 Å². The van der Waals surface area contributed by atoms with Crippen LogP contribution in [-0.2, 0) is 0 Å². The zero-order valence-electron chi connectivity index (χ0n) is 17.9. The molecule has 0 spiro atoms. The van der Waals surface area contributed by atoms with E-state index in [-0.39, 0.29) is 18.3 Å². The van der Waals surface area contributed by atoms with E-state index < -0.39 is 0 Å². The molecule has 2 aromatic heterocycles. The number of anilines is 1. The monoisotopic (exact) mass is 452 g/mol. The number of nitrogens with zero attached hydrogens (tertiary/aromatic N) is 4. The van der Waals surface area contributed by atoms with Crippen LogP contribution in [0.5, 0.6) is 0 Å². The van der Waals surface area contributed by atoms with E-state index in [4.69, 9.17) is 4.98 Å². The molecular formula is C21H29ClN4OS2. The molecule has 0 aliphatic rings. The van der Waals surface area contributed by atoms with Crippen molar-refractivity contribution in [2.75, 3.05) is 31.1 Å². The van der Waals surface area contributed by atoms with Crippen LogP contribution >= 0.6 is 35.1 Å². The van der Waals surface area contributed by atoms with Gasteiger partial charge in [0.05, 0.1) is 20.9 Å². The summed E-state index contributed by atoms with van der Waals surface area (Å²) in [7, 11) is 0. The smallest absolute Gasteiger partial charge is 0.272 e. The van der Waals surface area contributed by atoms with Crippen molar-refractivity contribution in [1.29, 1.82) is 0 Å². The number of aryl methyl sites for hydroxylation is 4. The number of hydrogen-bond acceptors (Lipinski definition) is 6. The van der Waals surface area contributed by atoms with Crippen LogP contribution in [0.2, 0.25) is 0 Å². The molecule has 0 N–H and O–H groups in total. The van der Waals surface area contributed by atoms with Crippen LogP contribution in [0, 0.1) is 27.7 Å². The van der Waals surface area contributed by atoms with E-state index >= 15 is 0 Å². The number of likely N-dealkylation sites (N-methyl/N-ethyl adjacent to an activating group) is 1. The predicted octanol–water partition coefficient (Wildman–Crippen LogP) is 5.40. The van der Waals surface area contributed by atoms with E-state index in [0.29, 0.717) is 11.4 Å². The number of hydrogen-bond donors (Lipinski definition) is 0. The first-order valence-electron chi connectivity index (χ1n) is 9.70. The lowest BCUT2D eigenvalue weighted by Gasteiger charge is -2.24. The molecular weight excluding hydrogens is 424 g/mol. The molecule has 0 aliphatic carbocycles. The van der Waals surface area contributed by atoms with E-state index in [9.17, 15) is 4.79 Å². The summed E-state index contributed by atoms with van der Waals surface area (Å²) in [4.78, 5) is 27.6. The molecule has 0 fully saturated rings. The van der Waals surface area contributed by atoms with Crippen LogP contribution in [0.4, 0.5) is 5.13 Å². The first kappa shape index (κ1) is 23.7. The van der Waals surface area contributed by atoms with E-state index in [1.807, 2.05) is 18.7 Å². The third-order valence-corrected chi connectivity index (χ3v) is 7.29. The number of benzene rings is 1. The van der Waals surface area contributed by atoms with Crippen molar-refractivity contribution in [2.45, 2.75) is 41.5 Å². The molecule has 0 saturated heterocycles. The van der Waals surface area contributed by atoms with Crippen LogP contribution in [0.15, 0.2) is 12.1 Å². The number of carbonyl (C=O) groups excluding carboxylic acids is 1. The molecule has 158 valence electrons. The summed E-state index contributed by atoms with van der Waals surface area (Å²) in [5, 5.41) is 1.69. The molecule has 3 aromatic rings. The topological polar surface area (TPSA) is 49.3 Å². The summed E-state index contributed by atoms with van der Waals surface area (Å²) in [6.07, 6.45) is 0. The van der Waals surface area contributed by atoms with Gasteiger partial charge in [-0.05, 0) is 58.0 Å². The van der Waals surface area contributed by atoms with Gasteiger partial charge in [0.15, 0.2) is 5.13 Å². The van der Waals surface area contributed by atoms with Gasteiger partial charge in [0.1, 0.15) is 4.88 Å². The lowest BCUT2D eigenvalue weighted by Crippen LogP contribution is -2.38. The maximum atomic E-state index is 13.4. The van der Waals surface area contributed by atoms with Crippen molar-refractivity contribution in [1.82, 2.24) is 14.9 Å². The number of thiazole rings is 2. The van der Waals surface area contributed by atoms with Crippen LogP contribution in [0.1, 0.15) is 45.3 Å². The zero-order chi connectivity index (χ0) is 20.4. The summed E-state index contributed by atoms with van der Waals surface area (Å²) in [5.74, 6) is 0.00341. The lowest BCUT2D eigenvalue weighted by atomic mass is 10.1. The molecule has 0 atom stereocenters. The second-order valence-electron chi connectivity index (χ2n) is 6.98. The third kappa shape index (κ3) is 4.97. The summed E-state index contributed by atoms with van der Waals surface area (Å²) in [6, 6.07) is 4.23. The zero-order valence-corrected chi connectivity index (χ0v) is 20.4. The van der Waals surface area contributed by atoms with Crippen molar-refractivity contribution in [3.8, 4) is 0 Å². The predicted molar refractivity (Wildman–Crippen MR) is 127 cm³/mol. The Balaban J connectivity index is 0.00000300. The number of fused-ring (bicyclic) bond motifs is 1. The molecule has 0 aliphatic heterocycles. The second kappa shape index (κ2) is 9.98. The Morgan fingerprint density at radius 2 is 1.69 bits per heavy atom. The number of aromatic nitrogens is 2. The summed E-state index contributed by atoms with van der Waals surface area (Å²) < 4.78 is 1.12. The van der Waals surface area contributed by atoms with Crippen molar-refractivity contribution in [3.05, 3.63) is 38.8 Å². The van der Waals surface area contributed by atoms with Gasteiger partial charge in [-0.1, -0.05) is 31.3 Å². The highest BCUT2D eigenvalue weighted by molar-refractivity contribution is 7.22. The maximum absolute atomic E-state index is 13.4. The standard InChI is InChI=1S/C21H28N4OS2.ClH/c1-7-24(8-2)11-12-25(20(26)19-15(5)22-16(6)27-19)21-23-18-14(4)13(3)9-10-17(18)28-21;/h9-10H,7-8,11-12H2,1-6H3;1H.